The first kappa shape index (κ1) is 15.3. The highest BCUT2D eigenvalue weighted by Crippen LogP contribution is 2.23. The van der Waals surface area contributed by atoms with Gasteiger partial charge in [0.1, 0.15) is 11.3 Å². The Balaban J connectivity index is 1.94. The molecule has 21 heavy (non-hydrogen) atoms. The number of benzene rings is 1. The minimum atomic E-state index is -0.820. The second kappa shape index (κ2) is 6.59. The Bertz CT molecular complexity index is 537. The van der Waals surface area contributed by atoms with Crippen LogP contribution < -0.4 is 10.1 Å². The maximum absolute atomic E-state index is 12.0. The number of amides is 1. The zero-order chi connectivity index (χ0) is 15.3. The molecule has 1 aliphatic heterocycles. The topological polar surface area (TPSA) is 71.3 Å². The van der Waals surface area contributed by atoms with E-state index >= 15 is 0 Å². The minimum absolute atomic E-state index is 0.0873. The molecule has 0 saturated carbocycles. The summed E-state index contributed by atoms with van der Waals surface area (Å²) in [6.45, 7) is 4.78. The number of hydrogen-bond acceptors (Lipinski definition) is 4. The number of nitrogens with one attached hydrogen (secondary N) is 1. The zero-order valence-electron chi connectivity index (χ0n) is 12.4. The lowest BCUT2D eigenvalue weighted by Gasteiger charge is -2.31. The molecule has 0 spiro atoms. The summed E-state index contributed by atoms with van der Waals surface area (Å²) in [6.07, 6.45) is 1.03. The first-order valence-electron chi connectivity index (χ1n) is 7.05. The van der Waals surface area contributed by atoms with Crippen molar-refractivity contribution in [1.29, 1.82) is 5.26 Å². The molecule has 0 aliphatic carbocycles. The summed E-state index contributed by atoms with van der Waals surface area (Å²) in [5.41, 5.74) is 1.16. The first-order chi connectivity index (χ1) is 10.1. The van der Waals surface area contributed by atoms with Crippen molar-refractivity contribution in [2.45, 2.75) is 32.2 Å². The van der Waals surface area contributed by atoms with Gasteiger partial charge in [-0.1, -0.05) is 18.2 Å². The number of nitrogens with zero attached hydrogens (tertiary/aromatic N) is 1. The van der Waals surface area contributed by atoms with Crippen molar-refractivity contribution in [2.75, 3.05) is 19.8 Å². The molecule has 5 nitrogen and oxygen atoms in total. The molecular formula is C16H20N2O3. The summed E-state index contributed by atoms with van der Waals surface area (Å²) in [7, 11) is 0. The lowest BCUT2D eigenvalue weighted by molar-refractivity contribution is -0.125. The number of aryl methyl sites for hydroxylation is 2. The Kier molecular flexibility index (Phi) is 4.81. The fourth-order valence-corrected chi connectivity index (χ4v) is 2.45. The summed E-state index contributed by atoms with van der Waals surface area (Å²) in [5.74, 6) is 0.451. The predicted octanol–water partition coefficient (Wildman–Crippen LogP) is 1.87. The van der Waals surface area contributed by atoms with E-state index in [1.54, 1.807) is 0 Å². The van der Waals surface area contributed by atoms with Gasteiger partial charge in [0, 0.05) is 26.1 Å². The van der Waals surface area contributed by atoms with Crippen molar-refractivity contribution in [1.82, 2.24) is 5.32 Å². The van der Waals surface area contributed by atoms with Gasteiger partial charge < -0.3 is 14.8 Å². The van der Waals surface area contributed by atoms with Crippen LogP contribution >= 0.6 is 0 Å². The number of rotatable bonds is 4. The van der Waals surface area contributed by atoms with Crippen LogP contribution in [0.4, 0.5) is 0 Å². The van der Waals surface area contributed by atoms with Crippen LogP contribution in [0.2, 0.25) is 0 Å². The molecule has 1 amide bonds. The molecule has 0 atom stereocenters. The first-order valence-corrected chi connectivity index (χ1v) is 7.05. The smallest absolute Gasteiger partial charge is 0.259 e. The number of hydrogen-bond donors (Lipinski definition) is 1. The van der Waals surface area contributed by atoms with Gasteiger partial charge in [0.15, 0.2) is 6.61 Å². The van der Waals surface area contributed by atoms with E-state index < -0.39 is 5.54 Å². The van der Waals surface area contributed by atoms with Crippen molar-refractivity contribution >= 4 is 5.91 Å². The third kappa shape index (κ3) is 3.73. The van der Waals surface area contributed by atoms with Gasteiger partial charge in [-0.05, 0) is 25.0 Å². The number of carbonyl (C=O) groups is 1. The van der Waals surface area contributed by atoms with Crippen LogP contribution in [0.25, 0.3) is 0 Å². The predicted molar refractivity (Wildman–Crippen MR) is 78.0 cm³/mol. The summed E-state index contributed by atoms with van der Waals surface area (Å²) in [4.78, 5) is 12.0. The van der Waals surface area contributed by atoms with E-state index in [4.69, 9.17) is 9.47 Å². The van der Waals surface area contributed by atoms with E-state index in [-0.39, 0.29) is 12.5 Å². The molecule has 1 saturated heterocycles. The Morgan fingerprint density at radius 3 is 2.57 bits per heavy atom. The van der Waals surface area contributed by atoms with Crippen LogP contribution in [0.3, 0.4) is 0 Å². The van der Waals surface area contributed by atoms with Crippen molar-refractivity contribution in [3.8, 4) is 11.8 Å². The summed E-state index contributed by atoms with van der Waals surface area (Å²) >= 11 is 0. The van der Waals surface area contributed by atoms with E-state index in [2.05, 4.69) is 11.4 Å². The maximum atomic E-state index is 12.0. The summed E-state index contributed by atoms with van der Waals surface area (Å²) in [6, 6.07) is 8.03. The molecule has 1 heterocycles. The Morgan fingerprint density at radius 2 is 2.00 bits per heavy atom. The number of para-hydroxylation sites is 1. The fourth-order valence-electron chi connectivity index (χ4n) is 2.45. The quantitative estimate of drug-likeness (QED) is 0.918. The zero-order valence-corrected chi connectivity index (χ0v) is 12.4. The van der Waals surface area contributed by atoms with Gasteiger partial charge in [-0.15, -0.1) is 0 Å². The number of ether oxygens (including phenoxy) is 2. The van der Waals surface area contributed by atoms with Gasteiger partial charge in [-0.3, -0.25) is 4.79 Å². The van der Waals surface area contributed by atoms with Gasteiger partial charge in [-0.2, -0.15) is 5.26 Å². The molecule has 1 aromatic carbocycles. The Hall–Kier alpha value is -2.06. The van der Waals surface area contributed by atoms with Crippen molar-refractivity contribution in [3.63, 3.8) is 0 Å². The van der Waals surface area contributed by atoms with Crippen molar-refractivity contribution in [3.05, 3.63) is 29.3 Å². The Labute approximate surface area is 124 Å². The maximum Gasteiger partial charge on any atom is 0.259 e. The number of nitriles is 1. The van der Waals surface area contributed by atoms with Gasteiger partial charge in [0.25, 0.3) is 5.91 Å². The molecule has 0 aromatic heterocycles. The number of carbonyl (C=O) groups excluding carboxylic acids is 1. The van der Waals surface area contributed by atoms with Crippen LogP contribution in [0, 0.1) is 25.2 Å². The lowest BCUT2D eigenvalue weighted by atomic mass is 9.92. The van der Waals surface area contributed by atoms with Crippen molar-refractivity contribution < 1.29 is 14.3 Å². The molecule has 1 aliphatic rings. The van der Waals surface area contributed by atoms with Crippen molar-refractivity contribution in [2.24, 2.45) is 0 Å². The third-order valence-electron chi connectivity index (χ3n) is 3.70. The van der Waals surface area contributed by atoms with Crippen LogP contribution in [-0.4, -0.2) is 31.3 Å². The highest BCUT2D eigenvalue weighted by atomic mass is 16.5. The minimum Gasteiger partial charge on any atom is -0.483 e. The second-order valence-electron chi connectivity index (χ2n) is 5.36. The van der Waals surface area contributed by atoms with Gasteiger partial charge in [-0.25, -0.2) is 0 Å². The van der Waals surface area contributed by atoms with E-state index in [0.717, 1.165) is 16.9 Å². The molecule has 1 fully saturated rings. The van der Waals surface area contributed by atoms with E-state index in [1.165, 1.54) is 0 Å². The van der Waals surface area contributed by atoms with Crippen LogP contribution in [-0.2, 0) is 9.53 Å². The van der Waals surface area contributed by atoms with Crippen LogP contribution in [0.5, 0.6) is 5.75 Å². The molecule has 0 bridgehead atoms. The molecule has 2 rings (SSSR count). The lowest BCUT2D eigenvalue weighted by Crippen LogP contribution is -2.52. The second-order valence-corrected chi connectivity index (χ2v) is 5.36. The molecule has 1 aromatic rings. The van der Waals surface area contributed by atoms with E-state index in [1.807, 2.05) is 32.0 Å². The Morgan fingerprint density at radius 1 is 1.38 bits per heavy atom. The highest BCUT2D eigenvalue weighted by Gasteiger charge is 2.34. The average Bonchev–Trinajstić information content (AvgIpc) is 2.47. The molecule has 112 valence electrons. The molecule has 0 unspecified atom stereocenters. The standard InChI is InChI=1S/C16H20N2O3/c1-12-4-3-5-13(2)15(12)21-10-14(19)18-16(11-17)6-8-20-9-7-16/h3-5H,6-10H2,1-2H3,(H,18,19). The van der Waals surface area contributed by atoms with E-state index in [0.29, 0.717) is 26.1 Å². The van der Waals surface area contributed by atoms with Gasteiger partial charge in [0.05, 0.1) is 6.07 Å². The van der Waals surface area contributed by atoms with Crippen LogP contribution in [0.1, 0.15) is 24.0 Å². The SMILES string of the molecule is Cc1cccc(C)c1OCC(=O)NC1(C#N)CCOCC1. The fraction of sp³-hybridized carbons (Fsp3) is 0.500. The van der Waals surface area contributed by atoms with Gasteiger partial charge >= 0.3 is 0 Å². The molecular weight excluding hydrogens is 268 g/mol. The monoisotopic (exact) mass is 288 g/mol. The molecule has 1 N–H and O–H groups in total. The average molecular weight is 288 g/mol. The third-order valence-corrected chi connectivity index (χ3v) is 3.70. The molecule has 5 heteroatoms. The largest absolute Gasteiger partial charge is 0.483 e. The van der Waals surface area contributed by atoms with E-state index in [9.17, 15) is 10.1 Å². The summed E-state index contributed by atoms with van der Waals surface area (Å²) in [5, 5.41) is 12.1. The normalized spacial score (nSPS) is 16.8. The molecule has 0 radical (unpaired) electrons. The highest BCUT2D eigenvalue weighted by molar-refractivity contribution is 5.79. The summed E-state index contributed by atoms with van der Waals surface area (Å²) < 4.78 is 10.8. The van der Waals surface area contributed by atoms with Crippen LogP contribution in [0.15, 0.2) is 18.2 Å². The van der Waals surface area contributed by atoms with Gasteiger partial charge in [0.2, 0.25) is 0 Å².